The van der Waals surface area contributed by atoms with E-state index >= 15 is 0 Å². The first-order valence-electron chi connectivity index (χ1n) is 11.9. The van der Waals surface area contributed by atoms with Crippen LogP contribution in [-0.4, -0.2) is 30.5 Å². The maximum absolute atomic E-state index is 12.2. The lowest BCUT2D eigenvalue weighted by atomic mass is 10.1. The van der Waals surface area contributed by atoms with Gasteiger partial charge in [0.1, 0.15) is 23.9 Å². The number of rotatable bonds is 12. The molecule has 208 valence electrons. The van der Waals surface area contributed by atoms with Crippen molar-refractivity contribution in [2.24, 2.45) is 0 Å². The lowest BCUT2D eigenvalue weighted by molar-refractivity contribution is -0.131. The Bertz CT molecular complexity index is 1430. The molecule has 9 heteroatoms. The third-order valence-electron chi connectivity index (χ3n) is 4.75. The molecular formula is C31H30O9. The van der Waals surface area contributed by atoms with Crippen LogP contribution in [0.4, 0.5) is 0 Å². The smallest absolute Gasteiger partial charge is 0.338 e. The van der Waals surface area contributed by atoms with Crippen molar-refractivity contribution < 1.29 is 42.9 Å². The maximum atomic E-state index is 12.2. The summed E-state index contributed by atoms with van der Waals surface area (Å²) in [4.78, 5) is 48.0. The molecule has 0 radical (unpaired) electrons. The molecule has 2 aromatic rings. The Labute approximate surface area is 232 Å². The summed E-state index contributed by atoms with van der Waals surface area (Å²) in [6, 6.07) is 8.78. The predicted octanol–water partition coefficient (Wildman–Crippen LogP) is 5.70. The molecule has 0 atom stereocenters. The van der Waals surface area contributed by atoms with Crippen LogP contribution in [0.1, 0.15) is 33.3 Å². The van der Waals surface area contributed by atoms with E-state index < -0.39 is 23.9 Å². The first kappa shape index (κ1) is 31.0. The van der Waals surface area contributed by atoms with E-state index in [0.717, 1.165) is 0 Å². The standard InChI is InChI=1S/C31H30O9/c1-18(2)28(32)37-23-12-11-22(26(16-23)39-30(34)20(5)6)10-9-15-36-25-14-13-24(38-29(33)19(3)4)17-27(25)40-31(35)21(7)8/h9-14,16-17H,1,3,5,7,15H2,2,4,6,8H3/b10-9+. The van der Waals surface area contributed by atoms with Crippen molar-refractivity contribution in [3.63, 3.8) is 0 Å². The largest absolute Gasteiger partial charge is 0.486 e. The predicted molar refractivity (Wildman–Crippen MR) is 149 cm³/mol. The first-order valence-corrected chi connectivity index (χ1v) is 11.9. The van der Waals surface area contributed by atoms with Gasteiger partial charge in [-0.15, -0.1) is 0 Å². The van der Waals surface area contributed by atoms with E-state index in [-0.39, 0.29) is 57.6 Å². The van der Waals surface area contributed by atoms with Gasteiger partial charge in [-0.2, -0.15) is 0 Å². The monoisotopic (exact) mass is 546 g/mol. The molecule has 0 aliphatic rings. The van der Waals surface area contributed by atoms with Crippen molar-refractivity contribution in [1.29, 1.82) is 0 Å². The van der Waals surface area contributed by atoms with Gasteiger partial charge >= 0.3 is 23.9 Å². The second-order valence-electron chi connectivity index (χ2n) is 8.70. The summed E-state index contributed by atoms with van der Waals surface area (Å²) < 4.78 is 26.9. The minimum atomic E-state index is -0.694. The molecule has 2 aromatic carbocycles. The van der Waals surface area contributed by atoms with Crippen molar-refractivity contribution in [2.45, 2.75) is 27.7 Å². The van der Waals surface area contributed by atoms with Gasteiger partial charge in [0.2, 0.25) is 0 Å². The molecule has 9 nitrogen and oxygen atoms in total. The van der Waals surface area contributed by atoms with Crippen LogP contribution in [0.15, 0.2) is 91.1 Å². The van der Waals surface area contributed by atoms with Crippen LogP contribution >= 0.6 is 0 Å². The van der Waals surface area contributed by atoms with Crippen molar-refractivity contribution >= 4 is 30.0 Å². The Hall–Kier alpha value is -5.18. The molecule has 0 heterocycles. The summed E-state index contributed by atoms with van der Waals surface area (Å²) in [5.41, 5.74) is 1.21. The third kappa shape index (κ3) is 9.29. The molecule has 0 bridgehead atoms. The SMILES string of the molecule is C=C(C)C(=O)Oc1ccc(/C=C/COc2ccc(OC(=O)C(=C)C)cc2OC(=O)C(=C)C)c(OC(=O)C(=C)C)c1. The van der Waals surface area contributed by atoms with Gasteiger partial charge in [-0.25, -0.2) is 19.2 Å². The Kier molecular flexibility index (Phi) is 10.9. The first-order chi connectivity index (χ1) is 18.8. The second kappa shape index (κ2) is 14.1. The molecule has 0 N–H and O–H groups in total. The van der Waals surface area contributed by atoms with E-state index in [1.54, 1.807) is 18.2 Å². The Morgan fingerprint density at radius 2 is 1.02 bits per heavy atom. The fourth-order valence-electron chi connectivity index (χ4n) is 2.63. The third-order valence-corrected chi connectivity index (χ3v) is 4.75. The molecule has 0 fully saturated rings. The normalized spacial score (nSPS) is 10.3. The van der Waals surface area contributed by atoms with Crippen LogP contribution in [0, 0.1) is 0 Å². The number of hydrogen-bond acceptors (Lipinski definition) is 9. The molecule has 0 aromatic heterocycles. The molecule has 0 amide bonds. The van der Waals surface area contributed by atoms with Gasteiger partial charge in [0.15, 0.2) is 11.5 Å². The fourth-order valence-corrected chi connectivity index (χ4v) is 2.63. The minimum Gasteiger partial charge on any atom is -0.486 e. The topological polar surface area (TPSA) is 114 Å². The van der Waals surface area contributed by atoms with Crippen LogP contribution in [-0.2, 0) is 19.2 Å². The van der Waals surface area contributed by atoms with Crippen LogP contribution in [0.5, 0.6) is 28.7 Å². The quantitative estimate of drug-likeness (QED) is 0.188. The molecular weight excluding hydrogens is 516 g/mol. The summed E-state index contributed by atoms with van der Waals surface area (Å²) >= 11 is 0. The zero-order valence-electron chi connectivity index (χ0n) is 22.8. The number of ether oxygens (including phenoxy) is 5. The lowest BCUT2D eigenvalue weighted by Crippen LogP contribution is -2.11. The van der Waals surface area contributed by atoms with Gasteiger partial charge in [0.05, 0.1) is 0 Å². The lowest BCUT2D eigenvalue weighted by Gasteiger charge is -2.13. The Balaban J connectivity index is 2.27. The van der Waals surface area contributed by atoms with Crippen LogP contribution in [0.3, 0.4) is 0 Å². The van der Waals surface area contributed by atoms with E-state index in [9.17, 15) is 19.2 Å². The summed E-state index contributed by atoms with van der Waals surface area (Å²) in [6.45, 7) is 20.2. The van der Waals surface area contributed by atoms with Gasteiger partial charge in [-0.1, -0.05) is 32.4 Å². The number of esters is 4. The van der Waals surface area contributed by atoms with Gasteiger partial charge in [-0.3, -0.25) is 0 Å². The zero-order valence-corrected chi connectivity index (χ0v) is 22.8. The van der Waals surface area contributed by atoms with Crippen LogP contribution < -0.4 is 23.7 Å². The highest BCUT2D eigenvalue weighted by atomic mass is 16.6. The number of benzene rings is 2. The summed E-state index contributed by atoms with van der Waals surface area (Å²) in [6.07, 6.45) is 3.24. The van der Waals surface area contributed by atoms with Gasteiger partial charge in [0.25, 0.3) is 0 Å². The van der Waals surface area contributed by atoms with Crippen molar-refractivity contribution in [3.8, 4) is 28.7 Å². The van der Waals surface area contributed by atoms with Crippen molar-refractivity contribution in [3.05, 3.63) is 96.6 Å². The molecule has 2 rings (SSSR count). The summed E-state index contributed by atoms with van der Waals surface area (Å²) in [5.74, 6) is -2.03. The van der Waals surface area contributed by atoms with E-state index in [2.05, 4.69) is 26.3 Å². The summed E-state index contributed by atoms with van der Waals surface area (Å²) in [5, 5.41) is 0. The second-order valence-corrected chi connectivity index (χ2v) is 8.70. The number of carbonyl (C=O) groups excluding carboxylic acids is 4. The van der Waals surface area contributed by atoms with E-state index in [0.29, 0.717) is 5.56 Å². The zero-order chi connectivity index (χ0) is 30.0. The summed E-state index contributed by atoms with van der Waals surface area (Å²) in [7, 11) is 0. The molecule has 0 saturated carbocycles. The highest BCUT2D eigenvalue weighted by molar-refractivity contribution is 5.91. The molecule has 0 unspecified atom stereocenters. The maximum Gasteiger partial charge on any atom is 0.338 e. The van der Waals surface area contributed by atoms with Gasteiger partial charge in [0, 0.05) is 40.0 Å². The molecule has 40 heavy (non-hydrogen) atoms. The van der Waals surface area contributed by atoms with Crippen LogP contribution in [0.2, 0.25) is 0 Å². The average molecular weight is 547 g/mol. The Morgan fingerprint density at radius 3 is 1.52 bits per heavy atom. The highest BCUT2D eigenvalue weighted by Crippen LogP contribution is 2.33. The molecule has 0 aliphatic carbocycles. The van der Waals surface area contributed by atoms with Gasteiger partial charge in [-0.05, 0) is 58.0 Å². The fraction of sp³-hybridized carbons (Fsp3) is 0.161. The van der Waals surface area contributed by atoms with Gasteiger partial charge < -0.3 is 23.7 Å². The molecule has 0 aliphatic heterocycles. The van der Waals surface area contributed by atoms with E-state index in [1.165, 1.54) is 58.0 Å². The van der Waals surface area contributed by atoms with Crippen LogP contribution in [0.25, 0.3) is 6.08 Å². The van der Waals surface area contributed by atoms with Crippen molar-refractivity contribution in [1.82, 2.24) is 0 Å². The van der Waals surface area contributed by atoms with E-state index in [4.69, 9.17) is 23.7 Å². The van der Waals surface area contributed by atoms with Crippen molar-refractivity contribution in [2.75, 3.05) is 6.61 Å². The number of hydrogen-bond donors (Lipinski definition) is 0. The highest BCUT2D eigenvalue weighted by Gasteiger charge is 2.16. The minimum absolute atomic E-state index is 0.00277. The average Bonchev–Trinajstić information content (AvgIpc) is 2.88. The number of carbonyl (C=O) groups is 4. The van der Waals surface area contributed by atoms with E-state index in [1.807, 2.05) is 0 Å². The molecule has 0 saturated heterocycles. The molecule has 0 spiro atoms. The Morgan fingerprint density at radius 1 is 0.600 bits per heavy atom.